The third kappa shape index (κ3) is 2.62. The molecule has 0 atom stereocenters. The maximum atomic E-state index is 11.7. The summed E-state index contributed by atoms with van der Waals surface area (Å²) < 4.78 is 5.06. The van der Waals surface area contributed by atoms with Gasteiger partial charge in [-0.2, -0.15) is 5.10 Å². The Balaban J connectivity index is 2.06. The Morgan fingerprint density at radius 1 is 1.47 bits per heavy atom. The smallest absolute Gasteiger partial charge is 0.274 e. The first-order valence-electron chi connectivity index (χ1n) is 5.11. The number of hydrogen-bond acceptors (Lipinski definition) is 4. The van der Waals surface area contributed by atoms with E-state index >= 15 is 0 Å². The van der Waals surface area contributed by atoms with Crippen molar-refractivity contribution in [2.75, 3.05) is 0 Å². The Morgan fingerprint density at radius 3 is 2.88 bits per heavy atom. The van der Waals surface area contributed by atoms with Crippen LogP contribution in [-0.2, 0) is 0 Å². The van der Waals surface area contributed by atoms with E-state index in [-0.39, 0.29) is 5.91 Å². The highest BCUT2D eigenvalue weighted by Crippen LogP contribution is 2.10. The lowest BCUT2D eigenvalue weighted by molar-refractivity contribution is 0.0953. The molecule has 2 heterocycles. The Labute approximate surface area is 103 Å². The summed E-state index contributed by atoms with van der Waals surface area (Å²) in [6.07, 6.45) is 1.49. The molecule has 2 aromatic heterocycles. The van der Waals surface area contributed by atoms with Crippen LogP contribution in [0.25, 0.3) is 0 Å². The van der Waals surface area contributed by atoms with Crippen LogP contribution in [0.15, 0.2) is 39.4 Å². The Bertz CT molecular complexity index is 541. The van der Waals surface area contributed by atoms with E-state index in [2.05, 4.69) is 10.5 Å². The number of carbonyl (C=O) groups excluding carboxylic acids is 1. The molecule has 0 spiro atoms. The molecule has 0 bridgehead atoms. The first kappa shape index (κ1) is 11.6. The Morgan fingerprint density at radius 2 is 2.29 bits per heavy atom. The van der Waals surface area contributed by atoms with Gasteiger partial charge in [-0.25, -0.2) is 5.43 Å². The second-order valence-electron chi connectivity index (χ2n) is 3.51. The number of aryl methyl sites for hydroxylation is 1. The molecule has 2 aromatic rings. The fraction of sp³-hybridized carbons (Fsp3) is 0.167. The summed E-state index contributed by atoms with van der Waals surface area (Å²) in [5, 5.41) is 6.02. The molecule has 0 aromatic carbocycles. The summed E-state index contributed by atoms with van der Waals surface area (Å²) in [4.78, 5) is 12.8. The molecule has 0 saturated carbocycles. The third-order valence-corrected chi connectivity index (χ3v) is 3.29. The fourth-order valence-electron chi connectivity index (χ4n) is 1.35. The summed E-state index contributed by atoms with van der Waals surface area (Å²) in [5.41, 5.74) is 3.80. The number of thiophene rings is 1. The fourth-order valence-corrected chi connectivity index (χ4v) is 2.03. The van der Waals surface area contributed by atoms with Crippen molar-refractivity contribution in [3.05, 3.63) is 46.0 Å². The van der Waals surface area contributed by atoms with Crippen molar-refractivity contribution in [2.45, 2.75) is 13.8 Å². The zero-order valence-corrected chi connectivity index (χ0v) is 10.4. The number of nitrogens with zero attached hydrogens (tertiary/aromatic N) is 1. The van der Waals surface area contributed by atoms with Crippen LogP contribution in [0, 0.1) is 6.92 Å². The van der Waals surface area contributed by atoms with E-state index in [1.807, 2.05) is 24.4 Å². The number of hydrogen-bond donors (Lipinski definition) is 1. The van der Waals surface area contributed by atoms with Gasteiger partial charge in [0.25, 0.3) is 5.91 Å². The molecule has 17 heavy (non-hydrogen) atoms. The zero-order valence-electron chi connectivity index (χ0n) is 9.56. The molecule has 0 saturated heterocycles. The lowest BCUT2D eigenvalue weighted by atomic mass is 10.2. The van der Waals surface area contributed by atoms with Crippen LogP contribution in [0.5, 0.6) is 0 Å². The summed E-state index contributed by atoms with van der Waals surface area (Å²) >= 11 is 1.58. The maximum absolute atomic E-state index is 11.7. The molecule has 1 N–H and O–H groups in total. The molecule has 0 aliphatic rings. The molecular weight excluding hydrogens is 236 g/mol. The van der Waals surface area contributed by atoms with Crippen LogP contribution < -0.4 is 5.43 Å². The highest BCUT2D eigenvalue weighted by atomic mass is 32.1. The van der Waals surface area contributed by atoms with Crippen molar-refractivity contribution < 1.29 is 9.21 Å². The lowest BCUT2D eigenvalue weighted by Gasteiger charge is -1.99. The minimum absolute atomic E-state index is 0.257. The van der Waals surface area contributed by atoms with E-state index in [0.29, 0.717) is 11.3 Å². The van der Waals surface area contributed by atoms with Crippen LogP contribution in [0.2, 0.25) is 0 Å². The van der Waals surface area contributed by atoms with Crippen molar-refractivity contribution >= 4 is 23.0 Å². The SMILES string of the molecule is CC(=NNC(=O)c1ccoc1C)c1cccs1. The average molecular weight is 248 g/mol. The lowest BCUT2D eigenvalue weighted by Crippen LogP contribution is -2.19. The van der Waals surface area contributed by atoms with Crippen molar-refractivity contribution in [1.82, 2.24) is 5.43 Å². The molecule has 0 fully saturated rings. The van der Waals surface area contributed by atoms with Gasteiger partial charge in [-0.15, -0.1) is 11.3 Å². The third-order valence-electron chi connectivity index (χ3n) is 2.31. The van der Waals surface area contributed by atoms with Crippen LogP contribution in [0.4, 0.5) is 0 Å². The van der Waals surface area contributed by atoms with Crippen LogP contribution in [0.3, 0.4) is 0 Å². The monoisotopic (exact) mass is 248 g/mol. The molecule has 4 nitrogen and oxygen atoms in total. The highest BCUT2D eigenvalue weighted by molar-refractivity contribution is 7.12. The molecular formula is C12H12N2O2S. The number of nitrogens with one attached hydrogen (secondary N) is 1. The van der Waals surface area contributed by atoms with Gasteiger partial charge in [0, 0.05) is 4.88 Å². The van der Waals surface area contributed by atoms with Crippen LogP contribution in [-0.4, -0.2) is 11.6 Å². The topological polar surface area (TPSA) is 54.6 Å². The predicted molar refractivity (Wildman–Crippen MR) is 67.4 cm³/mol. The quantitative estimate of drug-likeness (QED) is 0.670. The second kappa shape index (κ2) is 4.97. The van der Waals surface area contributed by atoms with E-state index < -0.39 is 0 Å². The molecule has 2 rings (SSSR count). The molecule has 0 unspecified atom stereocenters. The van der Waals surface area contributed by atoms with Gasteiger partial charge >= 0.3 is 0 Å². The number of furan rings is 1. The summed E-state index contributed by atoms with van der Waals surface area (Å²) in [6.45, 7) is 3.60. The normalized spacial score (nSPS) is 11.5. The minimum Gasteiger partial charge on any atom is -0.469 e. The van der Waals surface area contributed by atoms with Gasteiger partial charge in [-0.05, 0) is 31.4 Å². The van der Waals surface area contributed by atoms with Crippen molar-refractivity contribution in [3.63, 3.8) is 0 Å². The molecule has 0 radical (unpaired) electrons. The van der Waals surface area contributed by atoms with Crippen molar-refractivity contribution in [1.29, 1.82) is 0 Å². The largest absolute Gasteiger partial charge is 0.469 e. The first-order valence-corrected chi connectivity index (χ1v) is 5.99. The first-order chi connectivity index (χ1) is 8.18. The van der Waals surface area contributed by atoms with E-state index in [1.54, 1.807) is 24.3 Å². The van der Waals surface area contributed by atoms with E-state index in [1.165, 1.54) is 6.26 Å². The molecule has 1 amide bonds. The van der Waals surface area contributed by atoms with Crippen LogP contribution >= 0.6 is 11.3 Å². The van der Waals surface area contributed by atoms with E-state index in [4.69, 9.17) is 4.42 Å². The van der Waals surface area contributed by atoms with Gasteiger partial charge in [-0.1, -0.05) is 6.07 Å². The van der Waals surface area contributed by atoms with Gasteiger partial charge in [0.05, 0.1) is 17.5 Å². The number of amides is 1. The van der Waals surface area contributed by atoms with Gasteiger partial charge in [0.15, 0.2) is 0 Å². The van der Waals surface area contributed by atoms with E-state index in [0.717, 1.165) is 10.6 Å². The van der Waals surface area contributed by atoms with Gasteiger partial charge in [0.2, 0.25) is 0 Å². The summed E-state index contributed by atoms with van der Waals surface area (Å²) in [5.74, 6) is 0.332. The van der Waals surface area contributed by atoms with Gasteiger partial charge in [-0.3, -0.25) is 4.79 Å². The average Bonchev–Trinajstić information content (AvgIpc) is 2.95. The van der Waals surface area contributed by atoms with Crippen molar-refractivity contribution in [3.8, 4) is 0 Å². The molecule has 0 aliphatic heterocycles. The number of carbonyl (C=O) groups is 1. The van der Waals surface area contributed by atoms with Crippen LogP contribution in [0.1, 0.15) is 27.9 Å². The van der Waals surface area contributed by atoms with E-state index in [9.17, 15) is 4.79 Å². The minimum atomic E-state index is -0.257. The highest BCUT2D eigenvalue weighted by Gasteiger charge is 2.10. The summed E-state index contributed by atoms with van der Waals surface area (Å²) in [6, 6.07) is 5.53. The molecule has 0 aliphatic carbocycles. The second-order valence-corrected chi connectivity index (χ2v) is 4.45. The van der Waals surface area contributed by atoms with Gasteiger partial charge < -0.3 is 4.42 Å². The predicted octanol–water partition coefficient (Wildman–Crippen LogP) is 2.80. The standard InChI is InChI=1S/C12H12N2O2S/c1-8(11-4-3-7-17-11)13-14-12(15)10-5-6-16-9(10)2/h3-7H,1-2H3,(H,14,15). The molecule has 5 heteroatoms. The maximum Gasteiger partial charge on any atom is 0.274 e. The number of hydrazone groups is 1. The Kier molecular flexibility index (Phi) is 3.39. The number of rotatable bonds is 3. The Hall–Kier alpha value is -1.88. The zero-order chi connectivity index (χ0) is 12.3. The van der Waals surface area contributed by atoms with Gasteiger partial charge in [0.1, 0.15) is 5.76 Å². The van der Waals surface area contributed by atoms with Crippen molar-refractivity contribution in [2.24, 2.45) is 5.10 Å². The molecule has 88 valence electrons. The summed E-state index contributed by atoms with van der Waals surface area (Å²) in [7, 11) is 0.